The molecule has 0 spiro atoms. The van der Waals surface area contributed by atoms with Crippen LogP contribution in [0.5, 0.6) is 0 Å². The standard InChI is InChI=1S/C13H9BrClFN2S/c14-7-1-4-11(9(5-7)13(17)19)18-12-6-8(15)2-3-10(12)16/h1-6,18H,(H2,17,19). The second-order valence-corrected chi connectivity index (χ2v) is 5.60. The number of rotatable bonds is 3. The maximum absolute atomic E-state index is 13.7. The zero-order chi connectivity index (χ0) is 14.0. The van der Waals surface area contributed by atoms with Gasteiger partial charge >= 0.3 is 0 Å². The number of hydrogen-bond acceptors (Lipinski definition) is 2. The Hall–Kier alpha value is -1.17. The number of nitrogens with one attached hydrogen (secondary N) is 1. The molecule has 0 aliphatic heterocycles. The average molecular weight is 360 g/mol. The van der Waals surface area contributed by atoms with Gasteiger partial charge in [0.15, 0.2) is 0 Å². The Labute approximate surface area is 128 Å². The Morgan fingerprint density at radius 2 is 1.95 bits per heavy atom. The van der Waals surface area contributed by atoms with Gasteiger partial charge < -0.3 is 11.1 Å². The average Bonchev–Trinajstić information content (AvgIpc) is 2.35. The second-order valence-electron chi connectivity index (χ2n) is 3.80. The lowest BCUT2D eigenvalue weighted by molar-refractivity contribution is 0.632. The second kappa shape index (κ2) is 5.86. The van der Waals surface area contributed by atoms with Crippen LogP contribution in [0.25, 0.3) is 0 Å². The van der Waals surface area contributed by atoms with Crippen molar-refractivity contribution >= 4 is 56.1 Å². The van der Waals surface area contributed by atoms with Crippen molar-refractivity contribution in [2.45, 2.75) is 0 Å². The largest absolute Gasteiger partial charge is 0.389 e. The minimum absolute atomic E-state index is 0.228. The van der Waals surface area contributed by atoms with Gasteiger partial charge in [-0.05, 0) is 36.4 Å². The molecule has 6 heteroatoms. The number of nitrogens with two attached hydrogens (primary N) is 1. The van der Waals surface area contributed by atoms with Crippen LogP contribution in [0.3, 0.4) is 0 Å². The summed E-state index contributed by atoms with van der Waals surface area (Å²) >= 11 is 14.2. The van der Waals surface area contributed by atoms with Crippen LogP contribution < -0.4 is 11.1 Å². The van der Waals surface area contributed by atoms with Gasteiger partial charge in [0.1, 0.15) is 10.8 Å². The molecule has 0 atom stereocenters. The van der Waals surface area contributed by atoms with Gasteiger partial charge in [-0.25, -0.2) is 4.39 Å². The molecule has 0 aliphatic carbocycles. The van der Waals surface area contributed by atoms with E-state index in [1.807, 2.05) is 6.07 Å². The number of benzene rings is 2. The molecule has 2 aromatic carbocycles. The molecular formula is C13H9BrClFN2S. The minimum atomic E-state index is -0.402. The number of halogens is 3. The Bertz CT molecular complexity index is 649. The monoisotopic (exact) mass is 358 g/mol. The van der Waals surface area contributed by atoms with Crippen molar-refractivity contribution in [3.8, 4) is 0 Å². The van der Waals surface area contributed by atoms with Gasteiger partial charge in [-0.3, -0.25) is 0 Å². The summed E-state index contributed by atoms with van der Waals surface area (Å²) in [6.45, 7) is 0. The number of thiocarbonyl (C=S) groups is 1. The molecular weight excluding hydrogens is 351 g/mol. The van der Waals surface area contributed by atoms with Crippen molar-refractivity contribution in [2.75, 3.05) is 5.32 Å². The van der Waals surface area contributed by atoms with E-state index < -0.39 is 5.82 Å². The van der Waals surface area contributed by atoms with Gasteiger partial charge in [-0.1, -0.05) is 39.7 Å². The van der Waals surface area contributed by atoms with Crippen LogP contribution in [0.2, 0.25) is 5.02 Å². The molecule has 2 nitrogen and oxygen atoms in total. The highest BCUT2D eigenvalue weighted by atomic mass is 79.9. The highest BCUT2D eigenvalue weighted by molar-refractivity contribution is 9.10. The highest BCUT2D eigenvalue weighted by Gasteiger charge is 2.09. The quantitative estimate of drug-likeness (QED) is 0.785. The zero-order valence-electron chi connectivity index (χ0n) is 9.58. The van der Waals surface area contributed by atoms with E-state index in [2.05, 4.69) is 21.2 Å². The van der Waals surface area contributed by atoms with Crippen molar-refractivity contribution in [2.24, 2.45) is 5.73 Å². The predicted molar refractivity (Wildman–Crippen MR) is 84.7 cm³/mol. The van der Waals surface area contributed by atoms with Crippen molar-refractivity contribution in [3.05, 3.63) is 57.3 Å². The lowest BCUT2D eigenvalue weighted by atomic mass is 10.1. The topological polar surface area (TPSA) is 38.0 Å². The summed E-state index contributed by atoms with van der Waals surface area (Å²) in [5, 5.41) is 3.38. The fraction of sp³-hybridized carbons (Fsp3) is 0. The van der Waals surface area contributed by atoms with E-state index in [0.717, 1.165) is 4.47 Å². The molecule has 0 unspecified atom stereocenters. The Morgan fingerprint density at radius 1 is 1.21 bits per heavy atom. The van der Waals surface area contributed by atoms with E-state index in [1.165, 1.54) is 18.2 Å². The van der Waals surface area contributed by atoms with Gasteiger partial charge in [-0.15, -0.1) is 0 Å². The van der Waals surface area contributed by atoms with Crippen molar-refractivity contribution in [1.29, 1.82) is 0 Å². The molecule has 0 saturated heterocycles. The maximum atomic E-state index is 13.7. The first-order chi connectivity index (χ1) is 8.97. The van der Waals surface area contributed by atoms with Gasteiger partial charge in [0.2, 0.25) is 0 Å². The molecule has 0 aliphatic rings. The van der Waals surface area contributed by atoms with E-state index in [9.17, 15) is 4.39 Å². The smallest absolute Gasteiger partial charge is 0.146 e. The molecule has 19 heavy (non-hydrogen) atoms. The molecule has 2 rings (SSSR count). The van der Waals surface area contributed by atoms with E-state index >= 15 is 0 Å². The molecule has 0 radical (unpaired) electrons. The predicted octanol–water partition coefficient (Wildman–Crippen LogP) is 4.62. The first-order valence-electron chi connectivity index (χ1n) is 5.29. The van der Waals surface area contributed by atoms with Crippen LogP contribution in [-0.2, 0) is 0 Å². The van der Waals surface area contributed by atoms with E-state index in [0.29, 0.717) is 16.3 Å². The fourth-order valence-corrected chi connectivity index (χ4v) is 2.27. The van der Waals surface area contributed by atoms with Crippen LogP contribution >= 0.6 is 39.7 Å². The summed E-state index contributed by atoms with van der Waals surface area (Å²) in [5.41, 5.74) is 7.18. The lowest BCUT2D eigenvalue weighted by Gasteiger charge is -2.12. The lowest BCUT2D eigenvalue weighted by Crippen LogP contribution is -2.12. The molecule has 0 amide bonds. The van der Waals surface area contributed by atoms with E-state index in [-0.39, 0.29) is 10.7 Å². The normalized spacial score (nSPS) is 10.3. The van der Waals surface area contributed by atoms with Crippen LogP contribution in [0, 0.1) is 5.82 Å². The third-order valence-corrected chi connectivity index (χ3v) is 3.39. The highest BCUT2D eigenvalue weighted by Crippen LogP contribution is 2.27. The van der Waals surface area contributed by atoms with Crippen LogP contribution in [0.15, 0.2) is 40.9 Å². The third kappa shape index (κ3) is 3.43. The van der Waals surface area contributed by atoms with Crippen molar-refractivity contribution < 1.29 is 4.39 Å². The first kappa shape index (κ1) is 14.2. The molecule has 0 heterocycles. The van der Waals surface area contributed by atoms with Gasteiger partial charge in [0.05, 0.1) is 5.69 Å². The molecule has 3 N–H and O–H groups in total. The van der Waals surface area contributed by atoms with Gasteiger partial charge in [0.25, 0.3) is 0 Å². The van der Waals surface area contributed by atoms with E-state index in [1.54, 1.807) is 12.1 Å². The fourth-order valence-electron chi connectivity index (χ4n) is 1.57. The van der Waals surface area contributed by atoms with Crippen molar-refractivity contribution in [1.82, 2.24) is 0 Å². The van der Waals surface area contributed by atoms with Gasteiger partial charge in [-0.2, -0.15) is 0 Å². The number of hydrogen-bond donors (Lipinski definition) is 2. The Kier molecular flexibility index (Phi) is 4.39. The third-order valence-electron chi connectivity index (χ3n) is 2.44. The van der Waals surface area contributed by atoms with Crippen LogP contribution in [0.4, 0.5) is 15.8 Å². The first-order valence-corrected chi connectivity index (χ1v) is 6.87. The molecule has 0 aromatic heterocycles. The zero-order valence-corrected chi connectivity index (χ0v) is 12.7. The maximum Gasteiger partial charge on any atom is 0.146 e. The molecule has 0 bridgehead atoms. The van der Waals surface area contributed by atoms with Crippen LogP contribution in [-0.4, -0.2) is 4.99 Å². The van der Waals surface area contributed by atoms with Gasteiger partial charge in [0, 0.05) is 20.7 Å². The Morgan fingerprint density at radius 3 is 2.63 bits per heavy atom. The summed E-state index contributed by atoms with van der Waals surface area (Å²) in [5.74, 6) is -0.402. The molecule has 98 valence electrons. The molecule has 0 saturated carbocycles. The minimum Gasteiger partial charge on any atom is -0.389 e. The molecule has 2 aromatic rings. The summed E-state index contributed by atoms with van der Waals surface area (Å²) in [4.78, 5) is 0.228. The van der Waals surface area contributed by atoms with E-state index in [4.69, 9.17) is 29.6 Å². The van der Waals surface area contributed by atoms with Crippen LogP contribution in [0.1, 0.15) is 5.56 Å². The molecule has 0 fully saturated rings. The summed E-state index contributed by atoms with van der Waals surface area (Å²) in [6, 6.07) is 9.63. The Balaban J connectivity index is 2.43. The SMILES string of the molecule is NC(=S)c1cc(Br)ccc1Nc1cc(Cl)ccc1F. The summed E-state index contributed by atoms with van der Waals surface area (Å²) in [6.07, 6.45) is 0. The van der Waals surface area contributed by atoms with Crippen molar-refractivity contribution in [3.63, 3.8) is 0 Å². The number of anilines is 2. The summed E-state index contributed by atoms with van der Waals surface area (Å²) < 4.78 is 14.5. The summed E-state index contributed by atoms with van der Waals surface area (Å²) in [7, 11) is 0.